The molecule has 0 aliphatic heterocycles. The lowest BCUT2D eigenvalue weighted by molar-refractivity contribution is -0.124. The van der Waals surface area contributed by atoms with Gasteiger partial charge in [0.15, 0.2) is 6.61 Å². The van der Waals surface area contributed by atoms with Crippen molar-refractivity contribution in [1.82, 2.24) is 5.32 Å². The van der Waals surface area contributed by atoms with E-state index in [1.54, 1.807) is 0 Å². The maximum absolute atomic E-state index is 13.5. The van der Waals surface area contributed by atoms with Crippen molar-refractivity contribution in [3.63, 3.8) is 0 Å². The van der Waals surface area contributed by atoms with E-state index in [2.05, 4.69) is 17.4 Å². The Kier molecular flexibility index (Phi) is 5.66. The highest BCUT2D eigenvalue weighted by molar-refractivity contribution is 5.91. The molecule has 2 aromatic rings. The molecular weight excluding hydrogens is 333 g/mol. The molecule has 0 saturated carbocycles. The minimum absolute atomic E-state index is 0.178. The predicted octanol–water partition coefficient (Wildman–Crippen LogP) is 3.74. The van der Waals surface area contributed by atoms with Gasteiger partial charge in [-0.05, 0) is 61.4 Å². The molecular formula is C21H22FNO3. The molecule has 1 atom stereocenters. The van der Waals surface area contributed by atoms with Crippen LogP contribution in [0.4, 0.5) is 4.39 Å². The van der Waals surface area contributed by atoms with Gasteiger partial charge in [0, 0.05) is 0 Å². The molecule has 0 bridgehead atoms. The van der Waals surface area contributed by atoms with Gasteiger partial charge in [-0.1, -0.05) is 30.3 Å². The quantitative estimate of drug-likeness (QED) is 0.832. The minimum Gasteiger partial charge on any atom is -0.452 e. The Bertz CT molecular complexity index is 819. The van der Waals surface area contributed by atoms with E-state index in [9.17, 15) is 14.0 Å². The van der Waals surface area contributed by atoms with Crippen molar-refractivity contribution < 1.29 is 18.7 Å². The summed E-state index contributed by atoms with van der Waals surface area (Å²) in [6.07, 6.45) is 4.61. The highest BCUT2D eigenvalue weighted by Gasteiger charge is 2.17. The number of ether oxygens (including phenoxy) is 1. The number of halogens is 1. The number of carbonyl (C=O) groups is 2. The Morgan fingerprint density at radius 1 is 1.12 bits per heavy atom. The Labute approximate surface area is 152 Å². The zero-order valence-electron chi connectivity index (χ0n) is 14.8. The minimum atomic E-state index is -0.848. The Morgan fingerprint density at radius 2 is 1.85 bits per heavy atom. The summed E-state index contributed by atoms with van der Waals surface area (Å²) in [6, 6.07) is 11.6. The summed E-state index contributed by atoms with van der Waals surface area (Å²) in [5.41, 5.74) is 3.58. The van der Waals surface area contributed by atoms with Gasteiger partial charge in [0.05, 0.1) is 11.6 Å². The summed E-state index contributed by atoms with van der Waals surface area (Å²) >= 11 is 0. The summed E-state index contributed by atoms with van der Waals surface area (Å²) in [4.78, 5) is 23.9. The Hall–Kier alpha value is -2.69. The number of fused-ring (bicyclic) bond motifs is 1. The Balaban J connectivity index is 1.54. The van der Waals surface area contributed by atoms with E-state index in [1.807, 2.05) is 13.0 Å². The number of nitrogens with one attached hydrogen (secondary N) is 1. The van der Waals surface area contributed by atoms with Gasteiger partial charge >= 0.3 is 5.97 Å². The van der Waals surface area contributed by atoms with Gasteiger partial charge in [-0.15, -0.1) is 0 Å². The van der Waals surface area contributed by atoms with E-state index in [0.717, 1.165) is 18.4 Å². The normalized spacial score (nSPS) is 14.2. The lowest BCUT2D eigenvalue weighted by Gasteiger charge is -2.20. The van der Waals surface area contributed by atoms with Crippen molar-refractivity contribution in [2.24, 2.45) is 0 Å². The molecule has 0 heterocycles. The number of esters is 1. The van der Waals surface area contributed by atoms with E-state index in [-0.39, 0.29) is 11.6 Å². The fourth-order valence-electron chi connectivity index (χ4n) is 3.22. The van der Waals surface area contributed by atoms with E-state index < -0.39 is 24.3 Å². The summed E-state index contributed by atoms with van der Waals surface area (Å²) in [7, 11) is 0. The molecule has 3 rings (SSSR count). The van der Waals surface area contributed by atoms with Crippen LogP contribution < -0.4 is 5.32 Å². The summed E-state index contributed by atoms with van der Waals surface area (Å²) in [5.74, 6) is -1.93. The van der Waals surface area contributed by atoms with Gasteiger partial charge < -0.3 is 10.1 Å². The lowest BCUT2D eigenvalue weighted by Crippen LogP contribution is -2.31. The smallest absolute Gasteiger partial charge is 0.341 e. The van der Waals surface area contributed by atoms with Crippen molar-refractivity contribution >= 4 is 11.9 Å². The molecule has 1 N–H and O–H groups in total. The number of aryl methyl sites for hydroxylation is 2. The maximum Gasteiger partial charge on any atom is 0.341 e. The predicted molar refractivity (Wildman–Crippen MR) is 96.3 cm³/mol. The molecule has 5 heteroatoms. The largest absolute Gasteiger partial charge is 0.452 e. The van der Waals surface area contributed by atoms with Crippen LogP contribution in [0, 0.1) is 5.82 Å². The maximum atomic E-state index is 13.5. The monoisotopic (exact) mass is 355 g/mol. The summed E-state index contributed by atoms with van der Waals surface area (Å²) in [5, 5.41) is 2.81. The van der Waals surface area contributed by atoms with Crippen LogP contribution in [0.2, 0.25) is 0 Å². The first-order chi connectivity index (χ1) is 12.5. The van der Waals surface area contributed by atoms with Crippen molar-refractivity contribution in [2.75, 3.05) is 6.61 Å². The fraction of sp³-hybridized carbons (Fsp3) is 0.333. The lowest BCUT2D eigenvalue weighted by atomic mass is 9.89. The van der Waals surface area contributed by atoms with Crippen molar-refractivity contribution in [3.05, 3.63) is 70.5 Å². The van der Waals surface area contributed by atoms with Gasteiger partial charge in [0.2, 0.25) is 0 Å². The van der Waals surface area contributed by atoms with Crippen LogP contribution in [0.25, 0.3) is 0 Å². The summed E-state index contributed by atoms with van der Waals surface area (Å²) in [6.45, 7) is 1.45. The topological polar surface area (TPSA) is 55.4 Å². The second-order valence-corrected chi connectivity index (χ2v) is 6.58. The molecule has 0 radical (unpaired) electrons. The summed E-state index contributed by atoms with van der Waals surface area (Å²) < 4.78 is 18.4. The van der Waals surface area contributed by atoms with Crippen LogP contribution in [-0.2, 0) is 22.4 Å². The molecule has 0 aromatic heterocycles. The van der Waals surface area contributed by atoms with Gasteiger partial charge in [-0.2, -0.15) is 0 Å². The number of amides is 1. The SMILES string of the molecule is C[C@H](NC(=O)COC(=O)c1ccccc1F)c1ccc2c(c1)CCCC2. The van der Waals surface area contributed by atoms with E-state index in [0.29, 0.717) is 0 Å². The van der Waals surface area contributed by atoms with Crippen LogP contribution in [0.15, 0.2) is 42.5 Å². The van der Waals surface area contributed by atoms with Crippen molar-refractivity contribution in [2.45, 2.75) is 38.6 Å². The van der Waals surface area contributed by atoms with Crippen LogP contribution in [-0.4, -0.2) is 18.5 Å². The number of hydrogen-bond donors (Lipinski definition) is 1. The molecule has 26 heavy (non-hydrogen) atoms. The fourth-order valence-corrected chi connectivity index (χ4v) is 3.22. The molecule has 1 amide bonds. The third kappa shape index (κ3) is 4.28. The van der Waals surface area contributed by atoms with Crippen LogP contribution in [0.3, 0.4) is 0 Å². The van der Waals surface area contributed by atoms with E-state index in [1.165, 1.54) is 48.2 Å². The number of rotatable bonds is 5. The number of benzene rings is 2. The van der Waals surface area contributed by atoms with Gasteiger partial charge in [0.1, 0.15) is 5.82 Å². The molecule has 136 valence electrons. The number of hydrogen-bond acceptors (Lipinski definition) is 3. The van der Waals surface area contributed by atoms with Crippen LogP contribution in [0.5, 0.6) is 0 Å². The van der Waals surface area contributed by atoms with E-state index >= 15 is 0 Å². The molecule has 0 saturated heterocycles. The third-order valence-electron chi connectivity index (χ3n) is 4.68. The highest BCUT2D eigenvalue weighted by Crippen LogP contribution is 2.24. The first-order valence-corrected chi connectivity index (χ1v) is 8.87. The second kappa shape index (κ2) is 8.13. The van der Waals surface area contributed by atoms with Crippen LogP contribution >= 0.6 is 0 Å². The van der Waals surface area contributed by atoms with Crippen LogP contribution in [0.1, 0.15) is 52.9 Å². The molecule has 0 fully saturated rings. The van der Waals surface area contributed by atoms with E-state index in [4.69, 9.17) is 4.74 Å². The standard InChI is InChI=1S/C21H22FNO3/c1-14(16-11-10-15-6-2-3-7-17(15)12-16)23-20(24)13-26-21(25)18-8-4-5-9-19(18)22/h4-5,8-12,14H,2-3,6-7,13H2,1H3,(H,23,24)/t14-/m0/s1. The van der Waals surface area contributed by atoms with Gasteiger partial charge in [-0.25, -0.2) is 9.18 Å². The second-order valence-electron chi connectivity index (χ2n) is 6.58. The first-order valence-electron chi connectivity index (χ1n) is 8.87. The van der Waals surface area contributed by atoms with Gasteiger partial charge in [-0.3, -0.25) is 4.79 Å². The van der Waals surface area contributed by atoms with Crippen molar-refractivity contribution in [3.8, 4) is 0 Å². The highest BCUT2D eigenvalue weighted by atomic mass is 19.1. The Morgan fingerprint density at radius 3 is 2.62 bits per heavy atom. The molecule has 1 aliphatic rings. The number of carbonyl (C=O) groups excluding carboxylic acids is 2. The molecule has 2 aromatic carbocycles. The third-order valence-corrected chi connectivity index (χ3v) is 4.68. The molecule has 1 aliphatic carbocycles. The molecule has 4 nitrogen and oxygen atoms in total. The average Bonchev–Trinajstić information content (AvgIpc) is 2.66. The average molecular weight is 355 g/mol. The molecule has 0 spiro atoms. The van der Waals surface area contributed by atoms with Crippen molar-refractivity contribution in [1.29, 1.82) is 0 Å². The zero-order chi connectivity index (χ0) is 18.5. The van der Waals surface area contributed by atoms with Gasteiger partial charge in [0.25, 0.3) is 5.91 Å². The zero-order valence-corrected chi connectivity index (χ0v) is 14.8. The first kappa shape index (κ1) is 18.1. The molecule has 0 unspecified atom stereocenters.